The maximum Gasteiger partial charge on any atom is 0.240 e. The van der Waals surface area contributed by atoms with Crippen molar-refractivity contribution in [1.29, 1.82) is 0 Å². The van der Waals surface area contributed by atoms with Gasteiger partial charge in [0.25, 0.3) is 0 Å². The molecule has 2 aromatic carbocycles. The van der Waals surface area contributed by atoms with Crippen molar-refractivity contribution >= 4 is 10.0 Å². The van der Waals surface area contributed by atoms with Crippen molar-refractivity contribution in [2.75, 3.05) is 13.7 Å². The summed E-state index contributed by atoms with van der Waals surface area (Å²) in [7, 11) is -2.11. The molecule has 0 fully saturated rings. The number of aryl methyl sites for hydroxylation is 1. The molecule has 0 saturated heterocycles. The molecule has 0 bridgehead atoms. The van der Waals surface area contributed by atoms with Crippen molar-refractivity contribution in [1.82, 2.24) is 9.71 Å². The minimum atomic E-state index is -3.66. The number of methoxy groups -OCH3 is 1. The first-order valence-corrected chi connectivity index (χ1v) is 10.2. The molecule has 148 valence electrons. The highest BCUT2D eigenvalue weighted by Crippen LogP contribution is 2.28. The van der Waals surface area contributed by atoms with Crippen LogP contribution >= 0.6 is 0 Å². The number of hydrogen-bond donors (Lipinski definition) is 1. The van der Waals surface area contributed by atoms with Gasteiger partial charge >= 0.3 is 0 Å². The first-order valence-electron chi connectivity index (χ1n) is 8.75. The van der Waals surface area contributed by atoms with Gasteiger partial charge in [0.1, 0.15) is 12.0 Å². The van der Waals surface area contributed by atoms with Crippen LogP contribution in [0.25, 0.3) is 11.3 Å². The highest BCUT2D eigenvalue weighted by atomic mass is 32.2. The number of nitrogens with one attached hydrogen (secondary N) is 1. The standard InChI is InChI=1S/C20H22N2O5S/c1-4-26-19-10-5-15(11-20(19)25-3)12-21-28(23,24)17-8-6-16(7-9-17)18-13-27-14(2)22-18/h5-11,13,21H,4,12H2,1-3H3. The Morgan fingerprint density at radius 1 is 1.11 bits per heavy atom. The van der Waals surface area contributed by atoms with Gasteiger partial charge in [-0.1, -0.05) is 18.2 Å². The molecule has 0 spiro atoms. The maximum atomic E-state index is 12.6. The van der Waals surface area contributed by atoms with Gasteiger partial charge in [-0.05, 0) is 36.8 Å². The summed E-state index contributed by atoms with van der Waals surface area (Å²) in [4.78, 5) is 4.41. The summed E-state index contributed by atoms with van der Waals surface area (Å²) in [5.41, 5.74) is 2.21. The molecule has 0 unspecified atom stereocenters. The maximum absolute atomic E-state index is 12.6. The van der Waals surface area contributed by atoms with Crippen LogP contribution in [0, 0.1) is 6.92 Å². The molecule has 28 heavy (non-hydrogen) atoms. The smallest absolute Gasteiger partial charge is 0.240 e. The largest absolute Gasteiger partial charge is 0.493 e. The fourth-order valence-corrected chi connectivity index (χ4v) is 3.68. The average molecular weight is 402 g/mol. The van der Waals surface area contributed by atoms with Crippen LogP contribution in [-0.2, 0) is 16.6 Å². The molecular formula is C20H22N2O5S. The molecular weight excluding hydrogens is 380 g/mol. The first kappa shape index (κ1) is 19.9. The number of aromatic nitrogens is 1. The average Bonchev–Trinajstić information content (AvgIpc) is 3.14. The number of hydrogen-bond acceptors (Lipinski definition) is 6. The molecule has 8 heteroatoms. The number of ether oxygens (including phenoxy) is 2. The van der Waals surface area contributed by atoms with E-state index in [-0.39, 0.29) is 11.4 Å². The van der Waals surface area contributed by atoms with E-state index in [9.17, 15) is 8.42 Å². The van der Waals surface area contributed by atoms with Crippen molar-refractivity contribution in [2.24, 2.45) is 0 Å². The highest BCUT2D eigenvalue weighted by Gasteiger charge is 2.15. The first-order chi connectivity index (χ1) is 13.4. The van der Waals surface area contributed by atoms with Crippen LogP contribution < -0.4 is 14.2 Å². The normalized spacial score (nSPS) is 11.4. The molecule has 1 heterocycles. The van der Waals surface area contributed by atoms with Crippen LogP contribution in [0.1, 0.15) is 18.4 Å². The van der Waals surface area contributed by atoms with Crippen LogP contribution in [0.4, 0.5) is 0 Å². The fourth-order valence-electron chi connectivity index (χ4n) is 2.66. The van der Waals surface area contributed by atoms with E-state index >= 15 is 0 Å². The van der Waals surface area contributed by atoms with E-state index in [0.29, 0.717) is 29.7 Å². The number of oxazole rings is 1. The summed E-state index contributed by atoms with van der Waals surface area (Å²) >= 11 is 0. The molecule has 1 N–H and O–H groups in total. The molecule has 0 radical (unpaired) electrons. The van der Waals surface area contributed by atoms with E-state index in [0.717, 1.165) is 11.1 Å². The van der Waals surface area contributed by atoms with Gasteiger partial charge in [-0.3, -0.25) is 0 Å². The number of sulfonamides is 1. The molecule has 1 aromatic heterocycles. The van der Waals surface area contributed by atoms with E-state index in [1.165, 1.54) is 6.26 Å². The zero-order chi connectivity index (χ0) is 20.1. The third-order valence-corrected chi connectivity index (χ3v) is 5.49. The Bertz CT molecular complexity index is 1040. The summed E-state index contributed by atoms with van der Waals surface area (Å²) in [5.74, 6) is 1.74. The third-order valence-electron chi connectivity index (χ3n) is 4.07. The van der Waals surface area contributed by atoms with E-state index in [1.54, 1.807) is 56.5 Å². The molecule has 7 nitrogen and oxygen atoms in total. The van der Waals surface area contributed by atoms with Crippen LogP contribution in [0.15, 0.2) is 58.0 Å². The minimum Gasteiger partial charge on any atom is -0.493 e. The second kappa shape index (κ2) is 8.45. The van der Waals surface area contributed by atoms with Gasteiger partial charge in [-0.2, -0.15) is 0 Å². The summed E-state index contributed by atoms with van der Waals surface area (Å²) in [6.07, 6.45) is 1.54. The molecule has 0 aliphatic rings. The summed E-state index contributed by atoms with van der Waals surface area (Å²) in [6, 6.07) is 11.8. The lowest BCUT2D eigenvalue weighted by molar-refractivity contribution is 0.310. The lowest BCUT2D eigenvalue weighted by Gasteiger charge is -2.12. The molecule has 3 rings (SSSR count). The molecule has 0 aliphatic carbocycles. The SMILES string of the molecule is CCOc1ccc(CNS(=O)(=O)c2ccc(-c3coc(C)n3)cc2)cc1OC. The van der Waals surface area contributed by atoms with Gasteiger partial charge in [0.2, 0.25) is 10.0 Å². The zero-order valence-corrected chi connectivity index (χ0v) is 16.7. The zero-order valence-electron chi connectivity index (χ0n) is 15.9. The summed E-state index contributed by atoms with van der Waals surface area (Å²) in [5, 5.41) is 0. The molecule has 3 aromatic rings. The summed E-state index contributed by atoms with van der Waals surface area (Å²) < 4.78 is 43.7. The lowest BCUT2D eigenvalue weighted by atomic mass is 10.2. The number of benzene rings is 2. The highest BCUT2D eigenvalue weighted by molar-refractivity contribution is 7.89. The van der Waals surface area contributed by atoms with Gasteiger partial charge < -0.3 is 13.9 Å². The van der Waals surface area contributed by atoms with Crippen LogP contribution in [-0.4, -0.2) is 27.1 Å². The van der Waals surface area contributed by atoms with Crippen molar-refractivity contribution in [3.05, 3.63) is 60.2 Å². The van der Waals surface area contributed by atoms with Crippen LogP contribution in [0.5, 0.6) is 11.5 Å². The van der Waals surface area contributed by atoms with E-state index in [2.05, 4.69) is 9.71 Å². The van der Waals surface area contributed by atoms with Gasteiger partial charge in [0.15, 0.2) is 17.4 Å². The molecule has 0 atom stereocenters. The predicted octanol–water partition coefficient (Wildman–Crippen LogP) is 3.54. The fraction of sp³-hybridized carbons (Fsp3) is 0.250. The Morgan fingerprint density at radius 3 is 2.46 bits per heavy atom. The van der Waals surface area contributed by atoms with Gasteiger partial charge in [-0.25, -0.2) is 18.1 Å². The second-order valence-electron chi connectivity index (χ2n) is 6.02. The number of nitrogens with zero attached hydrogens (tertiary/aromatic N) is 1. The Morgan fingerprint density at radius 2 is 1.86 bits per heavy atom. The quantitative estimate of drug-likeness (QED) is 0.620. The van der Waals surface area contributed by atoms with Crippen LogP contribution in [0.3, 0.4) is 0 Å². The molecule has 0 saturated carbocycles. The molecule has 0 aliphatic heterocycles. The Labute approximate surface area is 164 Å². The second-order valence-corrected chi connectivity index (χ2v) is 7.79. The topological polar surface area (TPSA) is 90.7 Å². The summed E-state index contributed by atoms with van der Waals surface area (Å²) in [6.45, 7) is 4.29. The van der Waals surface area contributed by atoms with E-state index in [4.69, 9.17) is 13.9 Å². The van der Waals surface area contributed by atoms with Gasteiger partial charge in [-0.15, -0.1) is 0 Å². The van der Waals surface area contributed by atoms with Gasteiger partial charge in [0, 0.05) is 19.0 Å². The minimum absolute atomic E-state index is 0.134. The Hall–Kier alpha value is -2.84. The monoisotopic (exact) mass is 402 g/mol. The Kier molecular flexibility index (Phi) is 6.01. The lowest BCUT2D eigenvalue weighted by Crippen LogP contribution is -2.23. The molecule has 0 amide bonds. The van der Waals surface area contributed by atoms with Crippen molar-refractivity contribution < 1.29 is 22.3 Å². The van der Waals surface area contributed by atoms with Crippen molar-refractivity contribution in [3.63, 3.8) is 0 Å². The van der Waals surface area contributed by atoms with Crippen molar-refractivity contribution in [2.45, 2.75) is 25.3 Å². The van der Waals surface area contributed by atoms with E-state index < -0.39 is 10.0 Å². The predicted molar refractivity (Wildman–Crippen MR) is 105 cm³/mol. The third kappa shape index (κ3) is 4.52. The van der Waals surface area contributed by atoms with Gasteiger partial charge in [0.05, 0.1) is 18.6 Å². The Balaban J connectivity index is 1.71. The van der Waals surface area contributed by atoms with Crippen LogP contribution in [0.2, 0.25) is 0 Å². The van der Waals surface area contributed by atoms with E-state index in [1.807, 2.05) is 6.92 Å². The number of rotatable bonds is 8. The van der Waals surface area contributed by atoms with Crippen molar-refractivity contribution in [3.8, 4) is 22.8 Å².